The minimum absolute atomic E-state index is 1.25. The van der Waals surface area contributed by atoms with Crippen LogP contribution in [0.2, 0.25) is 0 Å². The molecule has 0 bridgehead atoms. The fourth-order valence-electron chi connectivity index (χ4n) is 0.0770. The molecule has 1 amide bonds. The minimum atomic E-state index is -2.86. The van der Waals surface area contributed by atoms with Crippen LogP contribution in [0.15, 0.2) is 0 Å². The van der Waals surface area contributed by atoms with Gasteiger partial charge in [-0.25, -0.2) is 4.79 Å². The molecule has 5 nitrogen and oxygen atoms in total. The predicted molar refractivity (Wildman–Crippen MR) is 20.5 cm³/mol. The lowest BCUT2D eigenvalue weighted by atomic mass is 11.3. The van der Waals surface area contributed by atoms with E-state index in [1.165, 1.54) is 0 Å². The Balaban J connectivity index is 3.32. The van der Waals surface area contributed by atoms with Gasteiger partial charge in [0.25, 0.3) is 0 Å². The SMILES string of the molecule is NC(=O)O[P+](=O)O. The van der Waals surface area contributed by atoms with Crippen molar-refractivity contribution in [2.45, 2.75) is 0 Å². The summed E-state index contributed by atoms with van der Waals surface area (Å²) >= 11 is 0. The third-order valence-electron chi connectivity index (χ3n) is 0.168. The second-order valence-corrected chi connectivity index (χ2v) is 1.31. The molecule has 0 aliphatic heterocycles. The van der Waals surface area contributed by atoms with Crippen molar-refractivity contribution in [2.75, 3.05) is 0 Å². The highest BCUT2D eigenvalue weighted by Crippen LogP contribution is 2.12. The third-order valence-corrected chi connectivity index (χ3v) is 0.504. The molecule has 0 aromatic heterocycles. The van der Waals surface area contributed by atoms with E-state index in [-0.39, 0.29) is 0 Å². The maximum atomic E-state index is 9.47. The Labute approximate surface area is 40.0 Å². The van der Waals surface area contributed by atoms with Crippen molar-refractivity contribution in [2.24, 2.45) is 5.73 Å². The van der Waals surface area contributed by atoms with Gasteiger partial charge < -0.3 is 5.73 Å². The van der Waals surface area contributed by atoms with E-state index in [0.717, 1.165) is 0 Å². The first-order valence-corrected chi connectivity index (χ1v) is 2.39. The lowest BCUT2D eigenvalue weighted by molar-refractivity contribution is 0.207. The zero-order valence-electron chi connectivity index (χ0n) is 3.20. The first-order chi connectivity index (χ1) is 3.13. The number of nitrogens with two attached hydrogens (primary N) is 1. The largest absolute Gasteiger partial charge is 0.752 e. The van der Waals surface area contributed by atoms with Crippen LogP contribution in [0.5, 0.6) is 0 Å². The second-order valence-electron chi connectivity index (χ2n) is 0.648. The first-order valence-electron chi connectivity index (χ1n) is 1.26. The van der Waals surface area contributed by atoms with Crippen molar-refractivity contribution < 1.29 is 18.8 Å². The lowest BCUT2D eigenvalue weighted by Crippen LogP contribution is -2.07. The molecule has 0 aromatic carbocycles. The summed E-state index contributed by atoms with van der Waals surface area (Å²) in [5, 5.41) is 0. The highest BCUT2D eigenvalue weighted by atomic mass is 31.1. The number of hydrogen-bond donors (Lipinski definition) is 2. The quantitative estimate of drug-likeness (QED) is 0.471. The normalized spacial score (nSPS) is 10.1. The molecule has 0 spiro atoms. The van der Waals surface area contributed by atoms with E-state index >= 15 is 0 Å². The Morgan fingerprint density at radius 1 is 1.86 bits per heavy atom. The Morgan fingerprint density at radius 2 is 2.29 bits per heavy atom. The highest BCUT2D eigenvalue weighted by Gasteiger charge is 2.15. The summed E-state index contributed by atoms with van der Waals surface area (Å²) in [6, 6.07) is 0. The molecule has 0 fully saturated rings. The molecule has 1 atom stereocenters. The molecular weight excluding hydrogens is 121 g/mol. The number of rotatable bonds is 1. The van der Waals surface area contributed by atoms with Crippen molar-refractivity contribution in [3.05, 3.63) is 0 Å². The smallest absolute Gasteiger partial charge is 0.331 e. The molecule has 0 aliphatic rings. The average molecular weight is 124 g/mol. The van der Waals surface area contributed by atoms with Crippen LogP contribution in [0.25, 0.3) is 0 Å². The molecule has 0 rings (SSSR count). The zero-order valence-corrected chi connectivity index (χ0v) is 4.09. The minimum Gasteiger partial charge on any atom is -0.331 e. The van der Waals surface area contributed by atoms with Gasteiger partial charge in [0.15, 0.2) is 0 Å². The van der Waals surface area contributed by atoms with Gasteiger partial charge in [-0.05, 0) is 0 Å². The second kappa shape index (κ2) is 2.49. The molecule has 3 N–H and O–H groups in total. The standard InChI is InChI=1S/CH2NO4P/c2-1(3)6-7(4)5/h(H2-,2,3,4,5)/p+1. The number of carbonyl (C=O) groups excluding carboxylic acids is 1. The maximum absolute atomic E-state index is 9.47. The Bertz CT molecular complexity index is 87.9. The predicted octanol–water partition coefficient (Wildman–Crippen LogP) is -0.269. The van der Waals surface area contributed by atoms with Crippen LogP contribution in [0.1, 0.15) is 0 Å². The fourth-order valence-corrected chi connectivity index (χ4v) is 0.231. The van der Waals surface area contributed by atoms with Crippen LogP contribution in [0, 0.1) is 0 Å². The summed E-state index contributed by atoms with van der Waals surface area (Å²) in [5.41, 5.74) is 4.29. The van der Waals surface area contributed by atoms with Crippen molar-refractivity contribution in [3.8, 4) is 0 Å². The van der Waals surface area contributed by atoms with Gasteiger partial charge in [-0.3, -0.25) is 0 Å². The third kappa shape index (κ3) is 5.33. The summed E-state index contributed by atoms with van der Waals surface area (Å²) in [6.45, 7) is 0. The number of amides is 1. The van der Waals surface area contributed by atoms with Crippen LogP contribution in [-0.4, -0.2) is 11.0 Å². The Kier molecular flexibility index (Phi) is 2.26. The van der Waals surface area contributed by atoms with Gasteiger partial charge in [-0.15, -0.1) is 4.89 Å². The molecule has 0 radical (unpaired) electrons. The molecule has 0 aromatic rings. The monoisotopic (exact) mass is 124 g/mol. The van der Waals surface area contributed by atoms with Crippen molar-refractivity contribution in [3.63, 3.8) is 0 Å². The molecule has 0 saturated heterocycles. The Morgan fingerprint density at radius 3 is 2.29 bits per heavy atom. The van der Waals surface area contributed by atoms with Crippen LogP contribution < -0.4 is 5.73 Å². The number of hydrogen-bond acceptors (Lipinski definition) is 3. The molecule has 6 heteroatoms. The van der Waals surface area contributed by atoms with Crippen molar-refractivity contribution >= 4 is 14.3 Å². The summed E-state index contributed by atoms with van der Waals surface area (Å²) in [7, 11) is -2.86. The molecule has 0 heterocycles. The van der Waals surface area contributed by atoms with Gasteiger partial charge in [0.1, 0.15) is 0 Å². The summed E-state index contributed by atoms with van der Waals surface area (Å²) in [6.07, 6.45) is -1.25. The molecule has 1 unspecified atom stereocenters. The van der Waals surface area contributed by atoms with Crippen LogP contribution >= 0.6 is 8.25 Å². The van der Waals surface area contributed by atoms with Gasteiger partial charge in [-0.2, -0.15) is 4.52 Å². The molecule has 0 aliphatic carbocycles. The fraction of sp³-hybridized carbons (Fsp3) is 0. The van der Waals surface area contributed by atoms with Crippen LogP contribution in [-0.2, 0) is 9.09 Å². The van der Waals surface area contributed by atoms with Gasteiger partial charge >= 0.3 is 14.3 Å². The van der Waals surface area contributed by atoms with Gasteiger partial charge in [0, 0.05) is 4.57 Å². The van der Waals surface area contributed by atoms with Crippen molar-refractivity contribution in [1.82, 2.24) is 0 Å². The van der Waals surface area contributed by atoms with E-state index in [0.29, 0.717) is 0 Å². The van der Waals surface area contributed by atoms with E-state index in [4.69, 9.17) is 4.89 Å². The number of primary amides is 1. The van der Waals surface area contributed by atoms with E-state index in [9.17, 15) is 9.36 Å². The van der Waals surface area contributed by atoms with Crippen LogP contribution in [0.4, 0.5) is 4.79 Å². The molecular formula is CH3NO4P+. The zero-order chi connectivity index (χ0) is 5.86. The topological polar surface area (TPSA) is 89.6 Å². The van der Waals surface area contributed by atoms with E-state index in [2.05, 4.69) is 10.3 Å². The van der Waals surface area contributed by atoms with Gasteiger partial charge in [-0.1, -0.05) is 0 Å². The highest BCUT2D eigenvalue weighted by molar-refractivity contribution is 7.32. The Hall–Kier alpha value is -0.670. The first kappa shape index (κ1) is 6.33. The summed E-state index contributed by atoms with van der Waals surface area (Å²) < 4.78 is 12.9. The average Bonchev–Trinajstić information content (AvgIpc) is 1.27. The molecule has 40 valence electrons. The van der Waals surface area contributed by atoms with E-state index < -0.39 is 14.3 Å². The maximum Gasteiger partial charge on any atom is 0.752 e. The lowest BCUT2D eigenvalue weighted by Gasteiger charge is -1.71. The van der Waals surface area contributed by atoms with Gasteiger partial charge in [0.2, 0.25) is 0 Å². The van der Waals surface area contributed by atoms with Gasteiger partial charge in [0.05, 0.1) is 0 Å². The summed E-state index contributed by atoms with van der Waals surface area (Å²) in [5.74, 6) is 0. The van der Waals surface area contributed by atoms with Crippen LogP contribution in [0.3, 0.4) is 0 Å². The van der Waals surface area contributed by atoms with E-state index in [1.807, 2.05) is 0 Å². The molecule has 0 saturated carbocycles. The molecule has 7 heavy (non-hydrogen) atoms. The number of carbonyl (C=O) groups is 1. The summed E-state index contributed by atoms with van der Waals surface area (Å²) in [4.78, 5) is 17.2. The van der Waals surface area contributed by atoms with Crippen molar-refractivity contribution in [1.29, 1.82) is 0 Å². The van der Waals surface area contributed by atoms with E-state index in [1.54, 1.807) is 0 Å².